The van der Waals surface area contributed by atoms with Crippen molar-refractivity contribution in [3.8, 4) is 0 Å². The maximum absolute atomic E-state index is 14.3. The van der Waals surface area contributed by atoms with Gasteiger partial charge in [-0.1, -0.05) is 32.9 Å². The lowest BCUT2D eigenvalue weighted by Gasteiger charge is -2.34. The number of Topliss-reactive ketones (excluding diaryl/α,β-unsaturated/α-hetero) is 1. The molecule has 2 amide bonds. The van der Waals surface area contributed by atoms with Crippen LogP contribution in [0, 0.1) is 5.41 Å². The van der Waals surface area contributed by atoms with Crippen LogP contribution in [0.3, 0.4) is 0 Å². The summed E-state index contributed by atoms with van der Waals surface area (Å²) < 4.78 is 16.5. The summed E-state index contributed by atoms with van der Waals surface area (Å²) >= 11 is 0. The number of ketones is 1. The Bertz CT molecular complexity index is 1030. The molecule has 0 saturated carbocycles. The van der Waals surface area contributed by atoms with Crippen LogP contribution in [-0.2, 0) is 23.8 Å². The number of amides is 2. The van der Waals surface area contributed by atoms with Crippen molar-refractivity contribution in [3.63, 3.8) is 0 Å². The normalized spacial score (nSPS) is 25.6. The molecule has 0 aromatic heterocycles. The maximum atomic E-state index is 14.3. The van der Waals surface area contributed by atoms with E-state index in [1.54, 1.807) is 25.2 Å². The highest BCUT2D eigenvalue weighted by molar-refractivity contribution is 5.99. The monoisotopic (exact) mass is 529 g/mol. The van der Waals surface area contributed by atoms with Crippen LogP contribution in [0.1, 0.15) is 73.4 Å². The van der Waals surface area contributed by atoms with Crippen molar-refractivity contribution >= 4 is 17.6 Å². The molecule has 0 spiro atoms. The fourth-order valence-corrected chi connectivity index (χ4v) is 6.25. The summed E-state index contributed by atoms with van der Waals surface area (Å²) in [6, 6.07) is 5.13. The number of ether oxygens (including phenoxy) is 3. The van der Waals surface area contributed by atoms with Gasteiger partial charge in [-0.15, -0.1) is 0 Å². The first kappa shape index (κ1) is 28.7. The zero-order valence-corrected chi connectivity index (χ0v) is 23.4. The molecule has 0 unspecified atom stereocenters. The molecule has 0 radical (unpaired) electrons. The van der Waals surface area contributed by atoms with Gasteiger partial charge in [-0.2, -0.15) is 0 Å². The van der Waals surface area contributed by atoms with E-state index in [-0.39, 0.29) is 36.4 Å². The van der Waals surface area contributed by atoms with Gasteiger partial charge in [0.05, 0.1) is 19.1 Å². The van der Waals surface area contributed by atoms with Gasteiger partial charge >= 0.3 is 0 Å². The number of piperidine rings is 1. The van der Waals surface area contributed by atoms with E-state index in [2.05, 4.69) is 25.7 Å². The quantitative estimate of drug-likeness (QED) is 0.523. The standard InChI is InChI=1S/C29H43N3O6/c1-29(2,3)15-22(28(35)32-16-24(37-5)26-25(32)23(33)17-38-26)21-14-19(6-7-20(21)27(30)34)18-8-10-31(11-9-18)12-13-36-4/h6-7,14,18,22,24-26H,8-13,15-17H2,1-5H3,(H2,30,34)/t22-,24-,25+,26+/m0/s1. The molecule has 3 aliphatic rings. The second kappa shape index (κ2) is 11.8. The summed E-state index contributed by atoms with van der Waals surface area (Å²) in [5.41, 5.74) is 7.76. The second-order valence-electron chi connectivity index (χ2n) is 12.1. The first-order valence-corrected chi connectivity index (χ1v) is 13.7. The number of carbonyl (C=O) groups excluding carboxylic acids is 3. The van der Waals surface area contributed by atoms with Crippen LogP contribution in [-0.4, -0.2) is 99.3 Å². The third-order valence-electron chi connectivity index (χ3n) is 8.23. The average Bonchev–Trinajstić information content (AvgIpc) is 3.45. The van der Waals surface area contributed by atoms with E-state index in [4.69, 9.17) is 19.9 Å². The number of primary amides is 1. The first-order valence-electron chi connectivity index (χ1n) is 13.7. The number of benzene rings is 1. The number of fused-ring (bicyclic) bond motifs is 1. The van der Waals surface area contributed by atoms with Crippen LogP contribution < -0.4 is 5.73 Å². The van der Waals surface area contributed by atoms with Gasteiger partial charge < -0.3 is 29.7 Å². The Kier molecular flexibility index (Phi) is 8.92. The van der Waals surface area contributed by atoms with Gasteiger partial charge in [0.15, 0.2) is 5.78 Å². The fraction of sp³-hybridized carbons (Fsp3) is 0.690. The number of hydrogen-bond donors (Lipinski definition) is 1. The van der Waals surface area contributed by atoms with Crippen molar-refractivity contribution in [1.29, 1.82) is 0 Å². The number of likely N-dealkylation sites (tertiary alicyclic amines) is 2. The van der Waals surface area contributed by atoms with Gasteiger partial charge in [-0.25, -0.2) is 0 Å². The van der Waals surface area contributed by atoms with Crippen molar-refractivity contribution in [2.24, 2.45) is 11.1 Å². The number of rotatable bonds is 9. The van der Waals surface area contributed by atoms with Gasteiger partial charge in [-0.3, -0.25) is 14.4 Å². The summed E-state index contributed by atoms with van der Waals surface area (Å²) in [5.74, 6) is -1.13. The SMILES string of the molecule is COCCN1CCC(c2ccc(C(N)=O)c([C@H](CC(C)(C)C)C(=O)N3C[C@H](OC)[C@H]4OCC(=O)[C@H]43)c2)CC1. The fourth-order valence-electron chi connectivity index (χ4n) is 6.25. The van der Waals surface area contributed by atoms with Gasteiger partial charge in [0.1, 0.15) is 24.9 Å². The summed E-state index contributed by atoms with van der Waals surface area (Å²) in [6.45, 7) is 10.1. The third-order valence-corrected chi connectivity index (χ3v) is 8.23. The molecule has 9 heteroatoms. The molecule has 0 aliphatic carbocycles. The number of carbonyl (C=O) groups is 3. The molecule has 3 aliphatic heterocycles. The molecule has 3 saturated heterocycles. The average molecular weight is 530 g/mol. The minimum atomic E-state index is -0.661. The molecular weight excluding hydrogens is 486 g/mol. The zero-order valence-electron chi connectivity index (χ0n) is 23.4. The van der Waals surface area contributed by atoms with Crippen LogP contribution >= 0.6 is 0 Å². The predicted octanol–water partition coefficient (Wildman–Crippen LogP) is 2.32. The third kappa shape index (κ3) is 6.11. The second-order valence-corrected chi connectivity index (χ2v) is 12.1. The molecule has 1 aromatic rings. The summed E-state index contributed by atoms with van der Waals surface area (Å²) in [5, 5.41) is 0. The van der Waals surface area contributed by atoms with Gasteiger partial charge in [0.25, 0.3) is 0 Å². The van der Waals surface area contributed by atoms with E-state index >= 15 is 0 Å². The van der Waals surface area contributed by atoms with E-state index in [1.807, 2.05) is 12.1 Å². The molecule has 38 heavy (non-hydrogen) atoms. The highest BCUT2D eigenvalue weighted by Crippen LogP contribution is 2.40. The molecule has 4 rings (SSSR count). The Hall–Kier alpha value is -2.33. The summed E-state index contributed by atoms with van der Waals surface area (Å²) in [6.07, 6.45) is 1.67. The van der Waals surface area contributed by atoms with Crippen molar-refractivity contribution in [2.45, 2.75) is 70.1 Å². The molecule has 3 fully saturated rings. The Balaban J connectivity index is 1.67. The van der Waals surface area contributed by atoms with Gasteiger partial charge in [-0.05, 0) is 60.9 Å². The number of methoxy groups -OCH3 is 2. The Morgan fingerprint density at radius 1 is 1.18 bits per heavy atom. The van der Waals surface area contributed by atoms with E-state index in [0.29, 0.717) is 30.1 Å². The summed E-state index contributed by atoms with van der Waals surface area (Å²) in [7, 11) is 3.29. The van der Waals surface area contributed by atoms with E-state index in [0.717, 1.165) is 38.0 Å². The lowest BCUT2D eigenvalue weighted by Crippen LogP contribution is -2.45. The molecule has 9 nitrogen and oxygen atoms in total. The highest BCUT2D eigenvalue weighted by atomic mass is 16.5. The van der Waals surface area contributed by atoms with Crippen molar-refractivity contribution < 1.29 is 28.6 Å². The maximum Gasteiger partial charge on any atom is 0.249 e. The van der Waals surface area contributed by atoms with Crippen LogP contribution in [0.2, 0.25) is 0 Å². The molecule has 2 N–H and O–H groups in total. The van der Waals surface area contributed by atoms with E-state index in [1.165, 1.54) is 0 Å². The van der Waals surface area contributed by atoms with E-state index < -0.39 is 24.0 Å². The zero-order chi connectivity index (χ0) is 27.6. The molecule has 0 bridgehead atoms. The first-order chi connectivity index (χ1) is 18.0. The van der Waals surface area contributed by atoms with Crippen LogP contribution in [0.25, 0.3) is 0 Å². The largest absolute Gasteiger partial charge is 0.383 e. The highest BCUT2D eigenvalue weighted by Gasteiger charge is 2.53. The van der Waals surface area contributed by atoms with Crippen molar-refractivity contribution in [3.05, 3.63) is 34.9 Å². The molecule has 3 heterocycles. The molecular formula is C29H43N3O6. The van der Waals surface area contributed by atoms with Crippen molar-refractivity contribution in [1.82, 2.24) is 9.80 Å². The number of nitrogens with zero attached hydrogens (tertiary/aromatic N) is 2. The minimum Gasteiger partial charge on any atom is -0.383 e. The molecule has 210 valence electrons. The molecule has 4 atom stereocenters. The van der Waals surface area contributed by atoms with Crippen molar-refractivity contribution in [2.75, 3.05) is 53.6 Å². The van der Waals surface area contributed by atoms with Gasteiger partial charge in [0.2, 0.25) is 11.8 Å². The summed E-state index contributed by atoms with van der Waals surface area (Å²) in [4.78, 5) is 43.6. The van der Waals surface area contributed by atoms with Crippen LogP contribution in [0.4, 0.5) is 0 Å². The number of hydrogen-bond acceptors (Lipinski definition) is 7. The lowest BCUT2D eigenvalue weighted by molar-refractivity contribution is -0.138. The molecule has 1 aromatic carbocycles. The lowest BCUT2D eigenvalue weighted by atomic mass is 9.77. The smallest absolute Gasteiger partial charge is 0.249 e. The number of nitrogens with two attached hydrogens (primary N) is 1. The predicted molar refractivity (Wildman–Crippen MR) is 143 cm³/mol. The van der Waals surface area contributed by atoms with E-state index in [9.17, 15) is 14.4 Å². The minimum absolute atomic E-state index is 0.0198. The van der Waals surface area contributed by atoms with Crippen LogP contribution in [0.5, 0.6) is 0 Å². The van der Waals surface area contributed by atoms with Gasteiger partial charge in [0, 0.05) is 26.3 Å². The Labute approximate surface area is 225 Å². The Morgan fingerprint density at radius 2 is 1.89 bits per heavy atom. The van der Waals surface area contributed by atoms with Crippen LogP contribution in [0.15, 0.2) is 18.2 Å². The Morgan fingerprint density at radius 3 is 2.50 bits per heavy atom. The topological polar surface area (TPSA) is 111 Å².